The zero-order chi connectivity index (χ0) is 27.4. The molecule has 1 N–H and O–H groups in total. The summed E-state index contributed by atoms with van der Waals surface area (Å²) in [5.74, 6) is -0.712. The Labute approximate surface area is 232 Å². The Morgan fingerprint density at radius 1 is 1.08 bits per heavy atom. The Kier molecular flexibility index (Phi) is 8.24. The Hall–Kier alpha value is -3.61. The van der Waals surface area contributed by atoms with Gasteiger partial charge in [-0.05, 0) is 81.3 Å². The molecule has 3 aromatic rings. The molecule has 0 spiro atoms. The molecule has 1 saturated heterocycles. The largest absolute Gasteiger partial charge is 0.493 e. The van der Waals surface area contributed by atoms with Gasteiger partial charge in [0, 0.05) is 12.6 Å². The quantitative estimate of drug-likeness (QED) is 0.263. The van der Waals surface area contributed by atoms with Crippen LogP contribution in [0.2, 0.25) is 0 Å². The molecule has 0 bridgehead atoms. The van der Waals surface area contributed by atoms with Gasteiger partial charge in [-0.1, -0.05) is 30.3 Å². The first-order valence-corrected chi connectivity index (χ1v) is 14.1. The molecule has 38 heavy (non-hydrogen) atoms. The highest BCUT2D eigenvalue weighted by atomic mass is 79.9. The van der Waals surface area contributed by atoms with Crippen molar-refractivity contribution in [1.29, 1.82) is 0 Å². The number of thioether (sulfide) groups is 1. The second kappa shape index (κ2) is 11.4. The molecule has 0 radical (unpaired) electrons. The summed E-state index contributed by atoms with van der Waals surface area (Å²) < 4.78 is 36.8. The fourth-order valence-electron chi connectivity index (χ4n) is 3.52. The molecule has 196 valence electrons. The van der Waals surface area contributed by atoms with Crippen molar-refractivity contribution in [2.75, 3.05) is 12.4 Å². The number of hydrogen-bond donors (Lipinski definition) is 1. The SMILES string of the molecule is COc1cc(/C=C2\SC(=O)N(Cc3ccccc3)C2=O)cc(Br)c1OS(=O)(=O)c1ccc(NC(C)=O)cc1. The lowest BCUT2D eigenvalue weighted by Crippen LogP contribution is -2.27. The van der Waals surface area contributed by atoms with Gasteiger partial charge in [-0.25, -0.2) is 0 Å². The minimum atomic E-state index is -4.25. The first-order valence-electron chi connectivity index (χ1n) is 11.1. The monoisotopic (exact) mass is 616 g/mol. The molecule has 9 nitrogen and oxygen atoms in total. The molecule has 0 unspecified atom stereocenters. The second-order valence-electron chi connectivity index (χ2n) is 8.03. The first-order chi connectivity index (χ1) is 18.1. The zero-order valence-corrected chi connectivity index (χ0v) is 23.4. The van der Waals surface area contributed by atoms with Crippen molar-refractivity contribution in [2.24, 2.45) is 0 Å². The maximum atomic E-state index is 12.9. The van der Waals surface area contributed by atoms with Gasteiger partial charge in [0.05, 0.1) is 23.0 Å². The number of ether oxygens (including phenoxy) is 1. The van der Waals surface area contributed by atoms with Crippen LogP contribution in [-0.2, 0) is 26.3 Å². The molecule has 0 saturated carbocycles. The highest BCUT2D eigenvalue weighted by Gasteiger charge is 2.35. The number of rotatable bonds is 8. The second-order valence-corrected chi connectivity index (χ2v) is 11.4. The van der Waals surface area contributed by atoms with Crippen LogP contribution < -0.4 is 14.2 Å². The highest BCUT2D eigenvalue weighted by Crippen LogP contribution is 2.40. The van der Waals surface area contributed by atoms with Crippen LogP contribution in [0.5, 0.6) is 11.5 Å². The van der Waals surface area contributed by atoms with Gasteiger partial charge in [0.2, 0.25) is 5.91 Å². The molecule has 3 amide bonds. The molecule has 0 atom stereocenters. The topological polar surface area (TPSA) is 119 Å². The standard InChI is InChI=1S/C26H21BrN2O7S2/c1-16(30)28-19-8-10-20(11-9-19)38(33,34)36-24-21(27)12-18(13-22(24)35-2)14-23-25(31)29(26(32)37-23)15-17-6-4-3-5-7-17/h3-14H,15H2,1-2H3,(H,28,30)/b23-14-. The fraction of sp³-hybridized carbons (Fsp3) is 0.115. The summed E-state index contributed by atoms with van der Waals surface area (Å²) in [7, 11) is -2.90. The van der Waals surface area contributed by atoms with E-state index >= 15 is 0 Å². The summed E-state index contributed by atoms with van der Waals surface area (Å²) in [5, 5.41) is 2.18. The maximum Gasteiger partial charge on any atom is 0.339 e. The number of anilines is 1. The molecule has 0 aromatic heterocycles. The van der Waals surface area contributed by atoms with Crippen molar-refractivity contribution in [1.82, 2.24) is 4.90 Å². The van der Waals surface area contributed by atoms with E-state index in [0.717, 1.165) is 17.3 Å². The van der Waals surface area contributed by atoms with Crippen LogP contribution in [0.4, 0.5) is 10.5 Å². The Balaban J connectivity index is 1.57. The highest BCUT2D eigenvalue weighted by molar-refractivity contribution is 9.10. The van der Waals surface area contributed by atoms with Crippen molar-refractivity contribution in [3.05, 3.63) is 87.2 Å². The minimum absolute atomic E-state index is 0.0900. The van der Waals surface area contributed by atoms with Crippen molar-refractivity contribution >= 4 is 66.6 Å². The van der Waals surface area contributed by atoms with Crippen LogP contribution in [0.25, 0.3) is 6.08 Å². The molecule has 4 rings (SSSR count). The summed E-state index contributed by atoms with van der Waals surface area (Å²) in [6.45, 7) is 1.50. The first kappa shape index (κ1) is 27.4. The smallest absolute Gasteiger partial charge is 0.339 e. The van der Waals surface area contributed by atoms with Gasteiger partial charge in [-0.2, -0.15) is 8.42 Å². The summed E-state index contributed by atoms with van der Waals surface area (Å²) in [6.07, 6.45) is 1.53. The van der Waals surface area contributed by atoms with Gasteiger partial charge in [-0.15, -0.1) is 0 Å². The van der Waals surface area contributed by atoms with E-state index in [1.54, 1.807) is 6.07 Å². The number of amides is 3. The molecule has 1 aliphatic heterocycles. The van der Waals surface area contributed by atoms with Crippen LogP contribution in [0.1, 0.15) is 18.1 Å². The lowest BCUT2D eigenvalue weighted by molar-refractivity contribution is -0.123. The predicted molar refractivity (Wildman–Crippen MR) is 147 cm³/mol. The van der Waals surface area contributed by atoms with Crippen molar-refractivity contribution in [3.8, 4) is 11.5 Å². The van der Waals surface area contributed by atoms with Gasteiger partial charge in [0.1, 0.15) is 4.90 Å². The van der Waals surface area contributed by atoms with E-state index in [-0.39, 0.29) is 43.5 Å². The summed E-state index contributed by atoms with van der Waals surface area (Å²) in [5.41, 5.74) is 1.75. The third kappa shape index (κ3) is 6.26. The van der Waals surface area contributed by atoms with E-state index in [4.69, 9.17) is 8.92 Å². The third-order valence-corrected chi connectivity index (χ3v) is 8.00. The van der Waals surface area contributed by atoms with Crippen LogP contribution >= 0.6 is 27.7 Å². The predicted octanol–water partition coefficient (Wildman–Crippen LogP) is 5.42. The summed E-state index contributed by atoms with van der Waals surface area (Å²) in [6, 6.07) is 17.7. The van der Waals surface area contributed by atoms with Gasteiger partial charge in [0.15, 0.2) is 11.5 Å². The van der Waals surface area contributed by atoms with Crippen LogP contribution in [0, 0.1) is 0 Å². The number of benzene rings is 3. The molecule has 1 fully saturated rings. The maximum absolute atomic E-state index is 12.9. The van der Waals surface area contributed by atoms with Crippen LogP contribution in [0.3, 0.4) is 0 Å². The van der Waals surface area contributed by atoms with Crippen LogP contribution in [0.15, 0.2) is 81.0 Å². The molecular weight excluding hydrogens is 596 g/mol. The number of nitrogens with one attached hydrogen (secondary N) is 1. The van der Waals surface area contributed by atoms with E-state index in [9.17, 15) is 22.8 Å². The fourth-order valence-corrected chi connectivity index (χ4v) is 5.97. The average molecular weight is 617 g/mol. The van der Waals surface area contributed by atoms with Crippen molar-refractivity contribution < 1.29 is 31.7 Å². The van der Waals surface area contributed by atoms with Crippen molar-refractivity contribution in [2.45, 2.75) is 18.4 Å². The van der Waals surface area contributed by atoms with E-state index in [1.165, 1.54) is 55.3 Å². The number of carbonyl (C=O) groups is 3. The van der Waals surface area contributed by atoms with Gasteiger partial charge in [0.25, 0.3) is 11.1 Å². The molecule has 0 aliphatic carbocycles. The normalized spacial score (nSPS) is 14.6. The van der Waals surface area contributed by atoms with Crippen molar-refractivity contribution in [3.63, 3.8) is 0 Å². The van der Waals surface area contributed by atoms with Gasteiger partial charge in [-0.3, -0.25) is 19.3 Å². The lowest BCUT2D eigenvalue weighted by Gasteiger charge is -2.14. The number of halogens is 1. The Morgan fingerprint density at radius 2 is 1.76 bits per heavy atom. The number of methoxy groups -OCH3 is 1. The molecular formula is C26H21BrN2O7S2. The number of imide groups is 1. The van der Waals surface area contributed by atoms with E-state index < -0.39 is 16.0 Å². The summed E-state index contributed by atoms with van der Waals surface area (Å²) >= 11 is 4.14. The number of nitrogens with zero attached hydrogens (tertiary/aromatic N) is 1. The van der Waals surface area contributed by atoms with E-state index in [1.807, 2.05) is 30.3 Å². The third-order valence-electron chi connectivity index (χ3n) is 5.26. The van der Waals surface area contributed by atoms with Crippen LogP contribution in [-0.4, -0.2) is 37.5 Å². The molecule has 1 heterocycles. The minimum Gasteiger partial charge on any atom is -0.493 e. The van der Waals surface area contributed by atoms with E-state index in [2.05, 4.69) is 21.2 Å². The lowest BCUT2D eigenvalue weighted by atomic mass is 10.1. The molecule has 3 aromatic carbocycles. The van der Waals surface area contributed by atoms with Gasteiger partial charge < -0.3 is 14.2 Å². The average Bonchev–Trinajstić information content (AvgIpc) is 3.13. The van der Waals surface area contributed by atoms with Gasteiger partial charge >= 0.3 is 10.1 Å². The molecule has 1 aliphatic rings. The summed E-state index contributed by atoms with van der Waals surface area (Å²) in [4.78, 5) is 37.8. The van der Waals surface area contributed by atoms with E-state index in [0.29, 0.717) is 11.3 Å². The zero-order valence-electron chi connectivity index (χ0n) is 20.1. The molecule has 12 heteroatoms. The Morgan fingerprint density at radius 3 is 2.39 bits per heavy atom. The number of hydrogen-bond acceptors (Lipinski definition) is 8. The Bertz CT molecular complexity index is 1540. The number of carbonyl (C=O) groups excluding carboxylic acids is 3.